The normalized spacial score (nSPS) is 21.9. The quantitative estimate of drug-likeness (QED) is 0.665. The number of hydrogen-bond acceptors (Lipinski definition) is 3. The smallest absolute Gasteiger partial charge is 0.144 e. The van der Waals surface area contributed by atoms with Crippen molar-refractivity contribution >= 4 is 17.1 Å². The summed E-state index contributed by atoms with van der Waals surface area (Å²) in [6.45, 7) is 9.13. The fraction of sp³-hybridized carbons (Fsp3) is 0.480. The van der Waals surface area contributed by atoms with Crippen molar-refractivity contribution in [2.24, 2.45) is 4.40 Å². The predicted octanol–water partition coefficient (Wildman–Crippen LogP) is 5.07. The van der Waals surface area contributed by atoms with Gasteiger partial charge in [-0.1, -0.05) is 59.0 Å². The molecule has 154 valence electrons. The van der Waals surface area contributed by atoms with E-state index in [0.29, 0.717) is 0 Å². The first kappa shape index (κ1) is 20.6. The van der Waals surface area contributed by atoms with Crippen molar-refractivity contribution in [3.8, 4) is 0 Å². The Morgan fingerprint density at radius 3 is 2.31 bits per heavy atom. The van der Waals surface area contributed by atoms with E-state index in [1.807, 2.05) is 20.8 Å². The zero-order chi connectivity index (χ0) is 20.5. The average Bonchev–Trinajstić information content (AvgIpc) is 2.72. The van der Waals surface area contributed by atoms with Gasteiger partial charge in [0.05, 0.1) is 5.71 Å². The Labute approximate surface area is 178 Å². The van der Waals surface area contributed by atoms with Crippen LogP contribution >= 0.6 is 0 Å². The first-order chi connectivity index (χ1) is 13.9. The van der Waals surface area contributed by atoms with Crippen LogP contribution in [0.15, 0.2) is 59.0 Å². The molecule has 4 heteroatoms. The van der Waals surface area contributed by atoms with Gasteiger partial charge in [0.15, 0.2) is 0 Å². The highest BCUT2D eigenvalue weighted by atomic mass is 32.2. The van der Waals surface area contributed by atoms with E-state index in [4.69, 9.17) is 4.40 Å². The van der Waals surface area contributed by atoms with Crippen LogP contribution in [0.4, 0.5) is 0 Å². The molecule has 3 nitrogen and oxygen atoms in total. The van der Waals surface area contributed by atoms with Crippen molar-refractivity contribution in [3.63, 3.8) is 0 Å². The lowest BCUT2D eigenvalue weighted by molar-refractivity contribution is 0.181. The molecule has 0 N–H and O–H groups in total. The lowest BCUT2D eigenvalue weighted by Crippen LogP contribution is -2.49. The van der Waals surface area contributed by atoms with Gasteiger partial charge in [-0.25, -0.2) is 0 Å². The van der Waals surface area contributed by atoms with Crippen LogP contribution in [0.2, 0.25) is 0 Å². The number of nitrogens with zero attached hydrogens (tertiary/aromatic N) is 2. The molecule has 4 rings (SSSR count). The molecular weight excluding hydrogens is 376 g/mol. The standard InChI is InChI=1S/C25H32N2OS/c1-24(2,3)29(28)26-23-14-13-21-11-7-8-12-22(21)25(23)15-17-27(18-16-25)19-20-9-5-4-6-10-20/h4-12H,13-19H2,1-3H3/b26-23+/t29-/m1/s1. The molecule has 0 saturated carbocycles. The van der Waals surface area contributed by atoms with E-state index >= 15 is 0 Å². The zero-order valence-electron chi connectivity index (χ0n) is 17.9. The number of likely N-dealkylation sites (tertiary alicyclic amines) is 1. The fourth-order valence-corrected chi connectivity index (χ4v) is 5.46. The SMILES string of the molecule is CC(C)(C)[S@@+]([O-])/N=C1\CCc2ccccc2C12CCN(Cc1ccccc1)CC2. The fourth-order valence-electron chi connectivity index (χ4n) is 4.72. The van der Waals surface area contributed by atoms with Crippen molar-refractivity contribution in [2.45, 2.75) is 63.2 Å². The van der Waals surface area contributed by atoms with Gasteiger partial charge in [0.1, 0.15) is 16.1 Å². The van der Waals surface area contributed by atoms with Crippen LogP contribution in [0.5, 0.6) is 0 Å². The number of hydrogen-bond donors (Lipinski definition) is 0. The van der Waals surface area contributed by atoms with E-state index in [2.05, 4.69) is 59.5 Å². The Bertz CT molecular complexity index is 864. The van der Waals surface area contributed by atoms with Crippen molar-refractivity contribution in [1.29, 1.82) is 0 Å². The van der Waals surface area contributed by atoms with Crippen LogP contribution in [0, 0.1) is 0 Å². The van der Waals surface area contributed by atoms with Gasteiger partial charge in [0, 0.05) is 12.0 Å². The van der Waals surface area contributed by atoms with Crippen LogP contribution in [0.25, 0.3) is 0 Å². The van der Waals surface area contributed by atoms with E-state index in [1.165, 1.54) is 22.4 Å². The van der Waals surface area contributed by atoms with Gasteiger partial charge in [-0.2, -0.15) is 0 Å². The summed E-state index contributed by atoms with van der Waals surface area (Å²) in [5.74, 6) is 0. The molecule has 0 amide bonds. The van der Waals surface area contributed by atoms with E-state index in [0.717, 1.165) is 45.3 Å². The van der Waals surface area contributed by atoms with Gasteiger partial charge in [0.2, 0.25) is 0 Å². The molecule has 29 heavy (non-hydrogen) atoms. The monoisotopic (exact) mass is 408 g/mol. The second-order valence-corrected chi connectivity index (χ2v) is 11.3. The summed E-state index contributed by atoms with van der Waals surface area (Å²) in [7, 11) is 0. The first-order valence-corrected chi connectivity index (χ1v) is 11.8. The number of fused-ring (bicyclic) bond motifs is 2. The highest BCUT2D eigenvalue weighted by molar-refractivity contribution is 7.91. The van der Waals surface area contributed by atoms with Crippen molar-refractivity contribution in [3.05, 3.63) is 71.3 Å². The minimum Gasteiger partial charge on any atom is -0.591 e. The topological polar surface area (TPSA) is 38.7 Å². The number of benzene rings is 2. The third-order valence-electron chi connectivity index (χ3n) is 6.39. The van der Waals surface area contributed by atoms with Gasteiger partial charge in [0.25, 0.3) is 0 Å². The van der Waals surface area contributed by atoms with Crippen molar-refractivity contribution < 1.29 is 4.55 Å². The zero-order valence-corrected chi connectivity index (χ0v) is 18.7. The molecule has 1 atom stereocenters. The summed E-state index contributed by atoms with van der Waals surface area (Å²) in [6.07, 6.45) is 4.04. The Kier molecular flexibility index (Phi) is 5.87. The largest absolute Gasteiger partial charge is 0.591 e. The van der Waals surface area contributed by atoms with Crippen molar-refractivity contribution in [2.75, 3.05) is 13.1 Å². The van der Waals surface area contributed by atoms with Crippen LogP contribution in [0.3, 0.4) is 0 Å². The summed E-state index contributed by atoms with van der Waals surface area (Å²) in [5, 5.41) is 0. The third kappa shape index (κ3) is 4.30. The van der Waals surface area contributed by atoms with E-state index in [1.54, 1.807) is 0 Å². The lowest BCUT2D eigenvalue weighted by Gasteiger charge is -2.45. The molecule has 1 aliphatic carbocycles. The van der Waals surface area contributed by atoms with E-state index < -0.39 is 11.4 Å². The molecule has 2 aromatic rings. The average molecular weight is 409 g/mol. The summed E-state index contributed by atoms with van der Waals surface area (Å²) < 4.78 is 17.4. The van der Waals surface area contributed by atoms with Gasteiger partial charge in [-0.3, -0.25) is 4.90 Å². The molecular formula is C25H32N2OS. The molecule has 0 aromatic heterocycles. The summed E-state index contributed by atoms with van der Waals surface area (Å²) in [4.78, 5) is 2.55. The first-order valence-electron chi connectivity index (χ1n) is 10.7. The molecule has 1 saturated heterocycles. The third-order valence-corrected chi connectivity index (χ3v) is 7.83. The maximum absolute atomic E-state index is 12.9. The summed E-state index contributed by atoms with van der Waals surface area (Å²) in [5.41, 5.74) is 5.36. The minimum atomic E-state index is -1.21. The number of piperidine rings is 1. The van der Waals surface area contributed by atoms with Gasteiger partial charge in [-0.15, -0.1) is 0 Å². The Hall–Kier alpha value is -1.62. The van der Waals surface area contributed by atoms with Crippen LogP contribution < -0.4 is 0 Å². The van der Waals surface area contributed by atoms with Gasteiger partial charge >= 0.3 is 0 Å². The second-order valence-electron chi connectivity index (χ2n) is 9.40. The van der Waals surface area contributed by atoms with Crippen LogP contribution in [-0.2, 0) is 29.7 Å². The van der Waals surface area contributed by atoms with E-state index in [9.17, 15) is 4.55 Å². The minimum absolute atomic E-state index is 0.0526. The maximum atomic E-state index is 12.9. The molecule has 2 aliphatic rings. The van der Waals surface area contributed by atoms with E-state index in [-0.39, 0.29) is 10.2 Å². The molecule has 0 unspecified atom stereocenters. The number of rotatable bonds is 3. The molecule has 0 bridgehead atoms. The van der Waals surface area contributed by atoms with Gasteiger partial charge < -0.3 is 4.55 Å². The Morgan fingerprint density at radius 1 is 0.966 bits per heavy atom. The van der Waals surface area contributed by atoms with Crippen LogP contribution in [-0.4, -0.2) is 33.0 Å². The molecule has 1 spiro atoms. The number of aryl methyl sites for hydroxylation is 1. The van der Waals surface area contributed by atoms with Gasteiger partial charge in [-0.05, 0) is 76.2 Å². The Morgan fingerprint density at radius 2 is 1.62 bits per heavy atom. The molecule has 1 fully saturated rings. The summed E-state index contributed by atoms with van der Waals surface area (Å²) >= 11 is -1.21. The lowest BCUT2D eigenvalue weighted by atomic mass is 9.63. The van der Waals surface area contributed by atoms with Crippen molar-refractivity contribution in [1.82, 2.24) is 4.90 Å². The van der Waals surface area contributed by atoms with Crippen LogP contribution in [0.1, 0.15) is 56.7 Å². The Balaban J connectivity index is 1.62. The summed E-state index contributed by atoms with van der Waals surface area (Å²) in [6, 6.07) is 19.6. The highest BCUT2D eigenvalue weighted by Gasteiger charge is 2.45. The second kappa shape index (κ2) is 8.25. The molecule has 2 aromatic carbocycles. The molecule has 1 aliphatic heterocycles. The predicted molar refractivity (Wildman–Crippen MR) is 123 cm³/mol. The highest BCUT2D eigenvalue weighted by Crippen LogP contribution is 2.44. The molecule has 0 radical (unpaired) electrons. The molecule has 1 heterocycles. The maximum Gasteiger partial charge on any atom is 0.144 e.